The summed E-state index contributed by atoms with van der Waals surface area (Å²) in [5.41, 5.74) is 0. The summed E-state index contributed by atoms with van der Waals surface area (Å²) in [5.74, 6) is -0.606. The van der Waals surface area contributed by atoms with Gasteiger partial charge >= 0.3 is 5.97 Å². The van der Waals surface area contributed by atoms with Gasteiger partial charge in [-0.05, 0) is 6.42 Å². The minimum absolute atomic E-state index is 0.0841. The van der Waals surface area contributed by atoms with Crippen molar-refractivity contribution >= 4 is 17.6 Å². The first-order valence-electron chi connectivity index (χ1n) is 3.09. The number of alkyl halides is 2. The maximum absolute atomic E-state index is 12.3. The number of ether oxygens (including phenoxy) is 1. The molecule has 1 unspecified atom stereocenters. The summed E-state index contributed by atoms with van der Waals surface area (Å²) in [6, 6.07) is 0. The van der Waals surface area contributed by atoms with Crippen molar-refractivity contribution in [1.82, 2.24) is 0 Å². The van der Waals surface area contributed by atoms with Gasteiger partial charge in [0.25, 0.3) is 0 Å². The van der Waals surface area contributed by atoms with E-state index in [1.165, 1.54) is 0 Å². The van der Waals surface area contributed by atoms with Crippen LogP contribution in [-0.2, 0) is 9.53 Å². The van der Waals surface area contributed by atoms with Gasteiger partial charge < -0.3 is 4.74 Å². The minimum atomic E-state index is -1.50. The van der Waals surface area contributed by atoms with Crippen LogP contribution in [-0.4, -0.2) is 24.6 Å². The SMILES string of the molecule is CCC(F)C(=O)OCCCl. The van der Waals surface area contributed by atoms with Crippen molar-refractivity contribution in [3.05, 3.63) is 0 Å². The molecule has 0 aliphatic rings. The van der Waals surface area contributed by atoms with E-state index in [1.54, 1.807) is 6.92 Å². The summed E-state index contributed by atoms with van der Waals surface area (Å²) in [7, 11) is 0. The van der Waals surface area contributed by atoms with Crippen molar-refractivity contribution < 1.29 is 13.9 Å². The highest BCUT2D eigenvalue weighted by Gasteiger charge is 2.15. The van der Waals surface area contributed by atoms with E-state index in [1.807, 2.05) is 0 Å². The average Bonchev–Trinajstić information content (AvgIpc) is 1.98. The molecule has 0 saturated carbocycles. The van der Waals surface area contributed by atoms with E-state index < -0.39 is 12.1 Å². The van der Waals surface area contributed by atoms with Crippen molar-refractivity contribution in [1.29, 1.82) is 0 Å². The molecule has 0 aromatic rings. The molecule has 2 nitrogen and oxygen atoms in total. The van der Waals surface area contributed by atoms with Gasteiger partial charge in [0.05, 0.1) is 5.88 Å². The molecule has 0 saturated heterocycles. The van der Waals surface area contributed by atoms with E-state index >= 15 is 0 Å². The molecule has 0 N–H and O–H groups in total. The van der Waals surface area contributed by atoms with Gasteiger partial charge in [-0.3, -0.25) is 0 Å². The zero-order valence-corrected chi connectivity index (χ0v) is 6.53. The van der Waals surface area contributed by atoms with Gasteiger partial charge in [0, 0.05) is 0 Å². The van der Waals surface area contributed by atoms with E-state index in [0.717, 1.165) is 0 Å². The Bertz CT molecular complexity index is 108. The molecule has 10 heavy (non-hydrogen) atoms. The topological polar surface area (TPSA) is 26.3 Å². The van der Waals surface area contributed by atoms with Crippen molar-refractivity contribution in [2.45, 2.75) is 19.5 Å². The molecule has 0 radical (unpaired) electrons. The average molecular weight is 169 g/mol. The summed E-state index contributed by atoms with van der Waals surface area (Å²) in [4.78, 5) is 10.5. The molecular formula is C6H10ClFO2. The summed E-state index contributed by atoms with van der Waals surface area (Å²) in [6.45, 7) is 1.66. The summed E-state index contributed by atoms with van der Waals surface area (Å²) in [5, 5.41) is 0. The quantitative estimate of drug-likeness (QED) is 0.470. The molecule has 60 valence electrons. The van der Waals surface area contributed by atoms with Crippen LogP contribution in [0.5, 0.6) is 0 Å². The number of halogens is 2. The third kappa shape index (κ3) is 3.67. The Morgan fingerprint density at radius 2 is 2.40 bits per heavy atom. The summed E-state index contributed by atoms with van der Waals surface area (Å²) < 4.78 is 16.7. The molecule has 0 amide bonds. The Morgan fingerprint density at radius 3 is 2.80 bits per heavy atom. The molecule has 0 aliphatic heterocycles. The zero-order valence-electron chi connectivity index (χ0n) is 5.77. The molecule has 0 fully saturated rings. The molecule has 1 atom stereocenters. The van der Waals surface area contributed by atoms with Crippen molar-refractivity contribution in [2.24, 2.45) is 0 Å². The Morgan fingerprint density at radius 1 is 1.80 bits per heavy atom. The maximum Gasteiger partial charge on any atom is 0.340 e. The zero-order chi connectivity index (χ0) is 7.98. The first kappa shape index (κ1) is 9.69. The lowest BCUT2D eigenvalue weighted by Crippen LogP contribution is -2.18. The highest BCUT2D eigenvalue weighted by Crippen LogP contribution is 1.99. The smallest absolute Gasteiger partial charge is 0.340 e. The first-order chi connectivity index (χ1) is 4.72. The molecule has 0 spiro atoms. The molecular weight excluding hydrogens is 159 g/mol. The van der Waals surface area contributed by atoms with Crippen molar-refractivity contribution in [2.75, 3.05) is 12.5 Å². The van der Waals surface area contributed by atoms with Crippen LogP contribution in [0.4, 0.5) is 4.39 Å². The van der Waals surface area contributed by atoms with Gasteiger partial charge in [-0.25, -0.2) is 9.18 Å². The van der Waals surface area contributed by atoms with Crippen molar-refractivity contribution in [3.8, 4) is 0 Å². The molecule has 0 aliphatic carbocycles. The van der Waals surface area contributed by atoms with E-state index in [0.29, 0.717) is 0 Å². The first-order valence-corrected chi connectivity index (χ1v) is 3.62. The van der Waals surface area contributed by atoms with E-state index in [4.69, 9.17) is 11.6 Å². The standard InChI is InChI=1S/C6H10ClFO2/c1-2-5(8)6(9)10-4-3-7/h5H,2-4H2,1H3. The fourth-order valence-corrected chi connectivity index (χ4v) is 0.473. The van der Waals surface area contributed by atoms with Crippen LogP contribution in [0.2, 0.25) is 0 Å². The van der Waals surface area contributed by atoms with Gasteiger partial charge in [-0.2, -0.15) is 0 Å². The molecule has 0 aromatic carbocycles. The number of hydrogen-bond donors (Lipinski definition) is 0. The van der Waals surface area contributed by atoms with Crippen LogP contribution >= 0.6 is 11.6 Å². The fraction of sp³-hybridized carbons (Fsp3) is 0.833. The Kier molecular flexibility index (Phi) is 5.30. The van der Waals surface area contributed by atoms with Crippen LogP contribution in [0.3, 0.4) is 0 Å². The van der Waals surface area contributed by atoms with Crippen LogP contribution in [0.1, 0.15) is 13.3 Å². The molecule has 0 aromatic heterocycles. The molecule has 0 bridgehead atoms. The molecule has 4 heteroatoms. The Labute approximate surface area is 64.3 Å². The van der Waals surface area contributed by atoms with Crippen molar-refractivity contribution in [3.63, 3.8) is 0 Å². The number of hydrogen-bond acceptors (Lipinski definition) is 2. The second kappa shape index (κ2) is 5.47. The number of carbonyl (C=O) groups is 1. The summed E-state index contributed by atoms with van der Waals surface area (Å²) >= 11 is 5.19. The maximum atomic E-state index is 12.3. The second-order valence-corrected chi connectivity index (χ2v) is 2.11. The molecule has 0 rings (SSSR count). The predicted molar refractivity (Wildman–Crippen MR) is 36.9 cm³/mol. The van der Waals surface area contributed by atoms with Gasteiger partial charge in [0.1, 0.15) is 6.61 Å². The Balaban J connectivity index is 3.42. The number of rotatable bonds is 4. The van der Waals surface area contributed by atoms with E-state index in [-0.39, 0.29) is 18.9 Å². The van der Waals surface area contributed by atoms with Crippen LogP contribution in [0, 0.1) is 0 Å². The van der Waals surface area contributed by atoms with E-state index in [2.05, 4.69) is 4.74 Å². The highest BCUT2D eigenvalue weighted by molar-refractivity contribution is 6.18. The highest BCUT2D eigenvalue weighted by atomic mass is 35.5. The van der Waals surface area contributed by atoms with Gasteiger partial charge in [-0.1, -0.05) is 6.92 Å². The largest absolute Gasteiger partial charge is 0.462 e. The number of esters is 1. The third-order valence-corrected chi connectivity index (χ3v) is 1.09. The lowest BCUT2D eigenvalue weighted by Gasteiger charge is -2.03. The summed E-state index contributed by atoms with van der Waals surface area (Å²) in [6.07, 6.45) is -1.34. The predicted octanol–water partition coefficient (Wildman–Crippen LogP) is 1.52. The lowest BCUT2D eigenvalue weighted by molar-refractivity contribution is -0.149. The second-order valence-electron chi connectivity index (χ2n) is 1.73. The lowest BCUT2D eigenvalue weighted by atomic mass is 10.3. The van der Waals surface area contributed by atoms with E-state index in [9.17, 15) is 9.18 Å². The fourth-order valence-electron chi connectivity index (χ4n) is 0.396. The van der Waals surface area contributed by atoms with Gasteiger partial charge in [0.15, 0.2) is 6.17 Å². The Hall–Kier alpha value is -0.310. The minimum Gasteiger partial charge on any atom is -0.462 e. The normalized spacial score (nSPS) is 12.7. The van der Waals surface area contributed by atoms with Crippen LogP contribution < -0.4 is 0 Å². The number of carbonyl (C=O) groups excluding carboxylic acids is 1. The van der Waals surface area contributed by atoms with Crippen LogP contribution in [0.25, 0.3) is 0 Å². The van der Waals surface area contributed by atoms with Crippen LogP contribution in [0.15, 0.2) is 0 Å². The van der Waals surface area contributed by atoms with Gasteiger partial charge in [0.2, 0.25) is 0 Å². The third-order valence-electron chi connectivity index (χ3n) is 0.936. The van der Waals surface area contributed by atoms with Gasteiger partial charge in [-0.15, -0.1) is 11.6 Å². The molecule has 0 heterocycles. The monoisotopic (exact) mass is 168 g/mol.